The molecular formula is C20H18N4O2. The monoisotopic (exact) mass is 346 g/mol. The molecule has 6 heteroatoms. The van der Waals surface area contributed by atoms with Gasteiger partial charge in [0.25, 0.3) is 5.91 Å². The average molecular weight is 346 g/mol. The Labute approximate surface area is 151 Å². The number of hydrogen-bond donors (Lipinski definition) is 2. The van der Waals surface area contributed by atoms with E-state index in [4.69, 9.17) is 10.5 Å². The van der Waals surface area contributed by atoms with Crippen molar-refractivity contribution in [2.75, 3.05) is 7.05 Å². The maximum atomic E-state index is 12.4. The normalized spacial score (nSPS) is 11.7. The van der Waals surface area contributed by atoms with Gasteiger partial charge < -0.3 is 15.8 Å². The van der Waals surface area contributed by atoms with Crippen LogP contribution in [0.5, 0.6) is 11.5 Å². The van der Waals surface area contributed by atoms with Crippen molar-refractivity contribution >= 4 is 22.6 Å². The lowest BCUT2D eigenvalue weighted by atomic mass is 10.1. The first-order valence-corrected chi connectivity index (χ1v) is 7.99. The Morgan fingerprint density at radius 3 is 2.73 bits per heavy atom. The first kappa shape index (κ1) is 17.2. The summed E-state index contributed by atoms with van der Waals surface area (Å²) in [4.78, 5) is 20.7. The second-order valence-corrected chi connectivity index (χ2v) is 5.38. The van der Waals surface area contributed by atoms with E-state index in [0.717, 1.165) is 11.1 Å². The predicted molar refractivity (Wildman–Crippen MR) is 102 cm³/mol. The van der Waals surface area contributed by atoms with Crippen LogP contribution in [0.4, 0.5) is 0 Å². The van der Waals surface area contributed by atoms with E-state index >= 15 is 0 Å². The SMILES string of the molecule is CN=C(C=CN)NC(=O)c1ccc2c(Oc3ccccc3)ccnc2c1. The topological polar surface area (TPSA) is 89.6 Å². The van der Waals surface area contributed by atoms with E-state index < -0.39 is 0 Å². The lowest BCUT2D eigenvalue weighted by Gasteiger charge is -2.10. The Morgan fingerprint density at radius 2 is 2.00 bits per heavy atom. The van der Waals surface area contributed by atoms with Gasteiger partial charge in [-0.15, -0.1) is 0 Å². The summed E-state index contributed by atoms with van der Waals surface area (Å²) in [5, 5.41) is 3.51. The van der Waals surface area contributed by atoms with E-state index in [9.17, 15) is 4.79 Å². The number of aliphatic imine (C=N–C) groups is 1. The zero-order chi connectivity index (χ0) is 18.4. The number of pyridine rings is 1. The molecule has 1 aromatic heterocycles. The van der Waals surface area contributed by atoms with Crippen LogP contribution in [0.1, 0.15) is 10.4 Å². The van der Waals surface area contributed by atoms with E-state index in [1.807, 2.05) is 36.4 Å². The fraction of sp³-hybridized carbons (Fsp3) is 0.0500. The number of carbonyl (C=O) groups excluding carboxylic acids is 1. The molecule has 0 saturated heterocycles. The second kappa shape index (κ2) is 7.94. The van der Waals surface area contributed by atoms with Crippen LogP contribution < -0.4 is 15.8 Å². The Balaban J connectivity index is 1.89. The minimum Gasteiger partial charge on any atom is -0.457 e. The van der Waals surface area contributed by atoms with Gasteiger partial charge in [-0.05, 0) is 48.7 Å². The molecule has 26 heavy (non-hydrogen) atoms. The van der Waals surface area contributed by atoms with Gasteiger partial charge in [0.1, 0.15) is 17.3 Å². The van der Waals surface area contributed by atoms with Crippen LogP contribution in [0.2, 0.25) is 0 Å². The van der Waals surface area contributed by atoms with E-state index in [2.05, 4.69) is 15.3 Å². The molecule has 6 nitrogen and oxygen atoms in total. The van der Waals surface area contributed by atoms with Crippen molar-refractivity contribution in [2.45, 2.75) is 0 Å². The highest BCUT2D eigenvalue weighted by Gasteiger charge is 2.11. The minimum absolute atomic E-state index is 0.290. The van der Waals surface area contributed by atoms with Gasteiger partial charge in [-0.3, -0.25) is 14.8 Å². The smallest absolute Gasteiger partial charge is 0.256 e. The minimum atomic E-state index is -0.290. The third-order valence-electron chi connectivity index (χ3n) is 3.67. The van der Waals surface area contributed by atoms with Gasteiger partial charge in [-0.2, -0.15) is 0 Å². The summed E-state index contributed by atoms with van der Waals surface area (Å²) in [5.74, 6) is 1.50. The third-order valence-corrected chi connectivity index (χ3v) is 3.67. The molecule has 3 aromatic rings. The Morgan fingerprint density at radius 1 is 1.19 bits per heavy atom. The van der Waals surface area contributed by atoms with Crippen LogP contribution in [0.25, 0.3) is 10.9 Å². The molecule has 1 heterocycles. The van der Waals surface area contributed by atoms with Gasteiger partial charge in [0.15, 0.2) is 0 Å². The molecule has 1 amide bonds. The standard InChI is InChI=1S/C20H18N4O2/c1-22-19(9-11-21)24-20(25)14-7-8-16-17(13-14)23-12-10-18(16)26-15-5-3-2-4-6-15/h2-13H,21H2,1H3,(H,22,24,25). The lowest BCUT2D eigenvalue weighted by Crippen LogP contribution is -2.29. The predicted octanol–water partition coefficient (Wildman–Crippen LogP) is 3.26. The number of carbonyl (C=O) groups is 1. The number of aromatic nitrogens is 1. The highest BCUT2D eigenvalue weighted by atomic mass is 16.5. The van der Waals surface area contributed by atoms with E-state index in [1.165, 1.54) is 12.3 Å². The summed E-state index contributed by atoms with van der Waals surface area (Å²) in [6.07, 6.45) is 4.49. The Kier molecular flexibility index (Phi) is 5.24. The molecule has 130 valence electrons. The van der Waals surface area contributed by atoms with Crippen LogP contribution in [-0.4, -0.2) is 23.8 Å². The van der Waals surface area contributed by atoms with Crippen LogP contribution in [-0.2, 0) is 0 Å². The van der Waals surface area contributed by atoms with Gasteiger partial charge in [0.05, 0.1) is 5.52 Å². The van der Waals surface area contributed by atoms with Gasteiger partial charge in [0, 0.05) is 24.2 Å². The molecule has 0 bridgehead atoms. The molecule has 3 rings (SSSR count). The number of benzene rings is 2. The molecule has 0 radical (unpaired) electrons. The summed E-state index contributed by atoms with van der Waals surface area (Å²) in [5.41, 5.74) is 6.47. The number of fused-ring (bicyclic) bond motifs is 1. The zero-order valence-corrected chi connectivity index (χ0v) is 14.2. The van der Waals surface area contributed by atoms with Crippen molar-refractivity contribution in [1.82, 2.24) is 10.3 Å². The summed E-state index contributed by atoms with van der Waals surface area (Å²) >= 11 is 0. The zero-order valence-electron chi connectivity index (χ0n) is 14.2. The van der Waals surface area contributed by atoms with Crippen molar-refractivity contribution in [1.29, 1.82) is 0 Å². The summed E-state index contributed by atoms with van der Waals surface area (Å²) < 4.78 is 5.92. The molecule has 0 aliphatic heterocycles. The number of nitrogens with one attached hydrogen (secondary N) is 1. The number of ether oxygens (including phenoxy) is 1. The molecule has 0 fully saturated rings. The molecule has 0 aliphatic rings. The van der Waals surface area contributed by atoms with Gasteiger partial charge in [-0.1, -0.05) is 18.2 Å². The Bertz CT molecular complexity index is 982. The molecule has 0 aliphatic carbocycles. The first-order chi connectivity index (χ1) is 12.7. The molecule has 0 spiro atoms. The first-order valence-electron chi connectivity index (χ1n) is 7.99. The summed E-state index contributed by atoms with van der Waals surface area (Å²) in [6.45, 7) is 0. The molecule has 2 aromatic carbocycles. The lowest BCUT2D eigenvalue weighted by molar-refractivity contribution is 0.0977. The van der Waals surface area contributed by atoms with Gasteiger partial charge in [0.2, 0.25) is 0 Å². The highest BCUT2D eigenvalue weighted by Crippen LogP contribution is 2.29. The molecule has 3 N–H and O–H groups in total. The molecule has 0 unspecified atom stereocenters. The summed E-state index contributed by atoms with van der Waals surface area (Å²) in [6, 6.07) is 16.5. The third kappa shape index (κ3) is 3.87. The van der Waals surface area contributed by atoms with Crippen LogP contribution >= 0.6 is 0 Å². The van der Waals surface area contributed by atoms with Crippen LogP contribution in [0, 0.1) is 0 Å². The largest absolute Gasteiger partial charge is 0.457 e. The fourth-order valence-electron chi connectivity index (χ4n) is 2.42. The van der Waals surface area contributed by atoms with E-state index in [1.54, 1.807) is 31.4 Å². The number of hydrogen-bond acceptors (Lipinski definition) is 5. The van der Waals surface area contributed by atoms with Gasteiger partial charge >= 0.3 is 0 Å². The van der Waals surface area contributed by atoms with Crippen molar-refractivity contribution in [3.63, 3.8) is 0 Å². The van der Waals surface area contributed by atoms with Crippen molar-refractivity contribution in [2.24, 2.45) is 10.7 Å². The maximum Gasteiger partial charge on any atom is 0.256 e. The van der Waals surface area contributed by atoms with E-state index in [-0.39, 0.29) is 5.91 Å². The Hall–Kier alpha value is -3.67. The quantitative estimate of drug-likeness (QED) is 0.560. The molecular weight excluding hydrogens is 328 g/mol. The van der Waals surface area contributed by atoms with E-state index in [0.29, 0.717) is 22.7 Å². The number of amidine groups is 1. The van der Waals surface area contributed by atoms with Gasteiger partial charge in [-0.25, -0.2) is 0 Å². The average Bonchev–Trinajstić information content (AvgIpc) is 2.68. The maximum absolute atomic E-state index is 12.4. The summed E-state index contributed by atoms with van der Waals surface area (Å²) in [7, 11) is 1.57. The highest BCUT2D eigenvalue weighted by molar-refractivity contribution is 6.11. The van der Waals surface area contributed by atoms with Crippen LogP contribution in [0.3, 0.4) is 0 Å². The van der Waals surface area contributed by atoms with Crippen LogP contribution in [0.15, 0.2) is 78.1 Å². The number of nitrogens with zero attached hydrogens (tertiary/aromatic N) is 2. The molecule has 0 atom stereocenters. The fourth-order valence-corrected chi connectivity index (χ4v) is 2.42. The second-order valence-electron chi connectivity index (χ2n) is 5.38. The van der Waals surface area contributed by atoms with Crippen molar-refractivity contribution in [3.05, 3.63) is 78.6 Å². The number of nitrogens with two attached hydrogens (primary N) is 1. The van der Waals surface area contributed by atoms with Crippen molar-refractivity contribution in [3.8, 4) is 11.5 Å². The number of amides is 1. The number of rotatable bonds is 4. The van der Waals surface area contributed by atoms with Crippen molar-refractivity contribution < 1.29 is 9.53 Å². The number of para-hydroxylation sites is 1. The molecule has 0 saturated carbocycles.